The monoisotopic (exact) mass is 487 g/mol. The molecular formula is C24H30ClN5O4. The highest BCUT2D eigenvalue weighted by Crippen LogP contribution is 2.31. The Bertz CT molecular complexity index is 1260. The maximum absolute atomic E-state index is 13.8. The number of hydrogen-bond donors (Lipinski definition) is 1. The molecule has 1 amide bonds. The Hall–Kier alpha value is -2.88. The summed E-state index contributed by atoms with van der Waals surface area (Å²) >= 11 is 6.16. The zero-order valence-corrected chi connectivity index (χ0v) is 20.7. The zero-order valence-electron chi connectivity index (χ0n) is 19.9. The fraction of sp³-hybridized carbons (Fsp3) is 0.458. The molecule has 3 aromatic rings. The van der Waals surface area contributed by atoms with E-state index < -0.39 is 0 Å². The predicted octanol–water partition coefficient (Wildman–Crippen LogP) is 2.76. The Morgan fingerprint density at radius 2 is 2.03 bits per heavy atom. The molecule has 1 fully saturated rings. The molecule has 2 aromatic heterocycles. The van der Waals surface area contributed by atoms with Crippen molar-refractivity contribution in [2.45, 2.75) is 39.8 Å². The number of nitrogens with one attached hydrogen (secondary N) is 1. The molecule has 1 N–H and O–H groups in total. The summed E-state index contributed by atoms with van der Waals surface area (Å²) in [5, 5.41) is 2.70. The van der Waals surface area contributed by atoms with E-state index in [9.17, 15) is 9.59 Å². The molecule has 0 saturated carbocycles. The first kappa shape index (κ1) is 24.3. The first-order valence-corrected chi connectivity index (χ1v) is 11.8. The third-order valence-electron chi connectivity index (χ3n) is 5.71. The lowest BCUT2D eigenvalue weighted by atomic mass is 10.2. The Morgan fingerprint density at radius 1 is 1.29 bits per heavy atom. The van der Waals surface area contributed by atoms with Crippen molar-refractivity contribution >= 4 is 28.5 Å². The van der Waals surface area contributed by atoms with Gasteiger partial charge in [0.2, 0.25) is 0 Å². The van der Waals surface area contributed by atoms with Crippen LogP contribution in [0.4, 0.5) is 0 Å². The van der Waals surface area contributed by atoms with Crippen LogP contribution >= 0.6 is 11.6 Å². The molecule has 0 bridgehead atoms. The Labute approximate surface area is 203 Å². The molecule has 10 heteroatoms. The minimum Gasteiger partial charge on any atom is -0.488 e. The summed E-state index contributed by atoms with van der Waals surface area (Å²) in [6.45, 7) is 8.24. The molecule has 0 unspecified atom stereocenters. The highest BCUT2D eigenvalue weighted by atomic mass is 35.5. The van der Waals surface area contributed by atoms with Crippen LogP contribution in [0.5, 0.6) is 5.75 Å². The van der Waals surface area contributed by atoms with Crippen LogP contribution in [0, 0.1) is 0 Å². The molecule has 1 aliphatic heterocycles. The van der Waals surface area contributed by atoms with Crippen molar-refractivity contribution in [1.29, 1.82) is 0 Å². The van der Waals surface area contributed by atoms with Crippen molar-refractivity contribution in [1.82, 2.24) is 24.6 Å². The van der Waals surface area contributed by atoms with Crippen LogP contribution in [0.15, 0.2) is 29.1 Å². The van der Waals surface area contributed by atoms with E-state index in [4.69, 9.17) is 26.1 Å². The number of aromatic nitrogens is 3. The predicted molar refractivity (Wildman–Crippen MR) is 131 cm³/mol. The molecule has 0 aliphatic carbocycles. The number of nitrogens with zero attached hydrogens (tertiary/aromatic N) is 4. The number of hydrazine groups is 1. The molecule has 0 spiro atoms. The van der Waals surface area contributed by atoms with Crippen LogP contribution in [0.3, 0.4) is 0 Å². The summed E-state index contributed by atoms with van der Waals surface area (Å²) in [6, 6.07) is 7.39. The maximum Gasteiger partial charge on any atom is 0.286 e. The van der Waals surface area contributed by atoms with E-state index in [2.05, 4.69) is 5.43 Å². The quantitative estimate of drug-likeness (QED) is 0.551. The van der Waals surface area contributed by atoms with Crippen molar-refractivity contribution in [3.63, 3.8) is 0 Å². The number of rotatable bonds is 7. The molecule has 1 saturated heterocycles. The first-order chi connectivity index (χ1) is 16.3. The topological polar surface area (TPSA) is 90.6 Å². The second-order valence-electron chi connectivity index (χ2n) is 8.55. The van der Waals surface area contributed by atoms with E-state index in [0.29, 0.717) is 61.1 Å². The van der Waals surface area contributed by atoms with Gasteiger partial charge in [0.1, 0.15) is 11.2 Å². The average molecular weight is 488 g/mol. The van der Waals surface area contributed by atoms with Gasteiger partial charge < -0.3 is 14.0 Å². The van der Waals surface area contributed by atoms with Crippen molar-refractivity contribution in [2.75, 3.05) is 26.3 Å². The van der Waals surface area contributed by atoms with E-state index in [0.717, 1.165) is 5.56 Å². The number of ether oxygens (including phenoxy) is 2. The smallest absolute Gasteiger partial charge is 0.286 e. The van der Waals surface area contributed by atoms with E-state index in [1.807, 2.05) is 44.0 Å². The van der Waals surface area contributed by atoms with Gasteiger partial charge >= 0.3 is 0 Å². The van der Waals surface area contributed by atoms with Gasteiger partial charge in [-0.05, 0) is 31.5 Å². The summed E-state index contributed by atoms with van der Waals surface area (Å²) in [6.07, 6.45) is 0.305. The summed E-state index contributed by atoms with van der Waals surface area (Å²) in [7, 11) is 1.73. The largest absolute Gasteiger partial charge is 0.488 e. The highest BCUT2D eigenvalue weighted by Gasteiger charge is 2.29. The van der Waals surface area contributed by atoms with E-state index in [1.165, 1.54) is 0 Å². The van der Waals surface area contributed by atoms with Gasteiger partial charge in [0.25, 0.3) is 11.5 Å². The molecule has 3 heterocycles. The number of benzene rings is 1. The zero-order chi connectivity index (χ0) is 24.4. The van der Waals surface area contributed by atoms with Gasteiger partial charge in [0, 0.05) is 31.6 Å². The number of hydrogen-bond acceptors (Lipinski definition) is 6. The fourth-order valence-corrected chi connectivity index (χ4v) is 4.35. The molecule has 34 heavy (non-hydrogen) atoms. The van der Waals surface area contributed by atoms with Crippen molar-refractivity contribution in [3.05, 3.63) is 56.7 Å². The van der Waals surface area contributed by atoms with Gasteiger partial charge in [-0.25, -0.2) is 9.99 Å². The maximum atomic E-state index is 13.8. The standard InChI is InChI=1S/C24H30ClN5O4/c1-5-18-26-22-19(24(32)30(18)14-16-7-6-8-17(25)13-16)21(34-15(2)3)20(28(22)4)23(31)27-29-9-11-33-12-10-29/h6-8,13,15H,5,9-12,14H2,1-4H3,(H,27,31). The number of fused-ring (bicyclic) bond motifs is 1. The lowest BCUT2D eigenvalue weighted by Crippen LogP contribution is -2.48. The fourth-order valence-electron chi connectivity index (χ4n) is 4.13. The molecule has 182 valence electrons. The second-order valence-corrected chi connectivity index (χ2v) is 8.98. The number of carbonyl (C=O) groups excluding carboxylic acids is 1. The molecule has 1 aromatic carbocycles. The highest BCUT2D eigenvalue weighted by molar-refractivity contribution is 6.30. The Morgan fingerprint density at radius 3 is 2.68 bits per heavy atom. The SMILES string of the molecule is CCc1nc2c(c(OC(C)C)c(C(=O)NN3CCOCC3)n2C)c(=O)n1Cc1cccc(Cl)c1. The van der Waals surface area contributed by atoms with Crippen LogP contribution in [0.2, 0.25) is 5.02 Å². The van der Waals surface area contributed by atoms with Crippen molar-refractivity contribution in [2.24, 2.45) is 7.05 Å². The molecule has 9 nitrogen and oxygen atoms in total. The molecule has 0 radical (unpaired) electrons. The van der Waals surface area contributed by atoms with Gasteiger partial charge in [-0.1, -0.05) is 30.7 Å². The minimum atomic E-state index is -0.350. The van der Waals surface area contributed by atoms with E-state index in [-0.39, 0.29) is 29.0 Å². The van der Waals surface area contributed by atoms with E-state index >= 15 is 0 Å². The van der Waals surface area contributed by atoms with Crippen LogP contribution in [0.25, 0.3) is 11.0 Å². The third kappa shape index (κ3) is 4.82. The number of carbonyl (C=O) groups is 1. The van der Waals surface area contributed by atoms with Crippen LogP contribution in [-0.2, 0) is 24.8 Å². The average Bonchev–Trinajstić information content (AvgIpc) is 3.07. The van der Waals surface area contributed by atoms with Crippen LogP contribution in [0.1, 0.15) is 42.6 Å². The molecule has 4 rings (SSSR count). The number of aryl methyl sites for hydroxylation is 2. The van der Waals surface area contributed by atoms with Gasteiger partial charge in [-0.3, -0.25) is 19.6 Å². The van der Waals surface area contributed by atoms with Crippen LogP contribution in [-0.4, -0.2) is 57.4 Å². The Balaban J connectivity index is 1.86. The molecule has 1 aliphatic rings. The van der Waals surface area contributed by atoms with E-state index in [1.54, 1.807) is 22.2 Å². The first-order valence-electron chi connectivity index (χ1n) is 11.5. The lowest BCUT2D eigenvalue weighted by Gasteiger charge is -2.27. The lowest BCUT2D eigenvalue weighted by molar-refractivity contribution is 0.0122. The summed E-state index contributed by atoms with van der Waals surface area (Å²) in [5.74, 6) is 0.518. The van der Waals surface area contributed by atoms with Crippen molar-refractivity contribution in [3.8, 4) is 5.75 Å². The van der Waals surface area contributed by atoms with Gasteiger partial charge in [0.05, 0.1) is 25.9 Å². The van der Waals surface area contributed by atoms with Crippen LogP contribution < -0.4 is 15.7 Å². The third-order valence-corrected chi connectivity index (χ3v) is 5.94. The van der Waals surface area contributed by atoms with Crippen molar-refractivity contribution < 1.29 is 14.3 Å². The second kappa shape index (κ2) is 10.2. The molecular weight excluding hydrogens is 458 g/mol. The molecule has 0 atom stereocenters. The number of amides is 1. The minimum absolute atomic E-state index is 0.243. The summed E-state index contributed by atoms with van der Waals surface area (Å²) < 4.78 is 14.7. The summed E-state index contributed by atoms with van der Waals surface area (Å²) in [5.41, 5.74) is 4.25. The number of morpholine rings is 1. The number of halogens is 1. The van der Waals surface area contributed by atoms with Gasteiger partial charge in [-0.2, -0.15) is 0 Å². The van der Waals surface area contributed by atoms with Gasteiger partial charge in [0.15, 0.2) is 17.1 Å². The van der Waals surface area contributed by atoms with Gasteiger partial charge in [-0.15, -0.1) is 0 Å². The summed E-state index contributed by atoms with van der Waals surface area (Å²) in [4.78, 5) is 31.9. The normalized spacial score (nSPS) is 14.6. The Kier molecular flexibility index (Phi) is 7.25.